The molecule has 0 bridgehead atoms. The van der Waals surface area contributed by atoms with Gasteiger partial charge in [0.2, 0.25) is 5.91 Å². The largest absolute Gasteiger partial charge is 0.488 e. The fourth-order valence-corrected chi connectivity index (χ4v) is 6.78. The number of anilines is 1. The van der Waals surface area contributed by atoms with Crippen molar-refractivity contribution in [1.29, 1.82) is 5.26 Å². The lowest BCUT2D eigenvalue weighted by molar-refractivity contribution is -0.128. The summed E-state index contributed by atoms with van der Waals surface area (Å²) in [4.78, 5) is 39.4. The molecule has 0 radical (unpaired) electrons. The summed E-state index contributed by atoms with van der Waals surface area (Å²) in [6.45, 7) is 4.33. The molecule has 0 spiro atoms. The quantitative estimate of drug-likeness (QED) is 0.334. The van der Waals surface area contributed by atoms with Crippen molar-refractivity contribution in [3.63, 3.8) is 0 Å². The average molecular weight is 655 g/mol. The summed E-state index contributed by atoms with van der Waals surface area (Å²) in [6, 6.07) is 7.41. The monoisotopic (exact) mass is 653 g/mol. The lowest BCUT2D eigenvalue weighted by Gasteiger charge is -2.41. The van der Waals surface area contributed by atoms with E-state index < -0.39 is 17.5 Å². The van der Waals surface area contributed by atoms with Gasteiger partial charge in [-0.25, -0.2) is 9.18 Å². The van der Waals surface area contributed by atoms with Crippen LogP contribution in [-0.2, 0) is 4.79 Å². The van der Waals surface area contributed by atoms with Crippen molar-refractivity contribution in [3.05, 3.63) is 62.8 Å². The highest BCUT2D eigenvalue weighted by Gasteiger charge is 2.36. The molecule has 13 heteroatoms. The van der Waals surface area contributed by atoms with Crippen LogP contribution in [0.25, 0.3) is 22.0 Å². The van der Waals surface area contributed by atoms with Gasteiger partial charge in [0.25, 0.3) is 0 Å². The van der Waals surface area contributed by atoms with Crippen LogP contribution in [-0.4, -0.2) is 103 Å². The van der Waals surface area contributed by atoms with Crippen LogP contribution in [0.1, 0.15) is 18.9 Å². The zero-order chi connectivity index (χ0) is 31.8. The Balaban J connectivity index is 1.46. The van der Waals surface area contributed by atoms with Crippen molar-refractivity contribution < 1.29 is 13.9 Å². The Labute approximate surface area is 270 Å². The molecule has 1 amide bonds. The van der Waals surface area contributed by atoms with Gasteiger partial charge in [-0.1, -0.05) is 29.3 Å². The number of nitrogens with zero attached hydrogens (tertiary/aromatic N) is 7. The van der Waals surface area contributed by atoms with Crippen LogP contribution in [0.4, 0.5) is 10.2 Å². The minimum absolute atomic E-state index is 0.115. The van der Waals surface area contributed by atoms with E-state index in [0.717, 1.165) is 19.5 Å². The van der Waals surface area contributed by atoms with Crippen LogP contribution < -0.4 is 15.3 Å². The van der Waals surface area contributed by atoms with Crippen LogP contribution in [0.3, 0.4) is 0 Å². The Morgan fingerprint density at radius 1 is 1.20 bits per heavy atom. The molecule has 10 nitrogen and oxygen atoms in total. The van der Waals surface area contributed by atoms with E-state index in [2.05, 4.69) is 16.0 Å². The SMILES string of the molecule is CN(C)C/C=C/C(=O)N1CCN(c2nc(=O)n3c4c(c(-c5cc(Cl)ccc5F)c(Cl)cc24)OCC3CN2CCC2)C[C@@H]1CC#N. The molecule has 236 valence electrons. The molecule has 3 aliphatic rings. The second-order valence-corrected chi connectivity index (χ2v) is 12.8. The highest BCUT2D eigenvalue weighted by molar-refractivity contribution is 6.35. The molecule has 4 heterocycles. The van der Waals surface area contributed by atoms with E-state index >= 15 is 4.39 Å². The number of likely N-dealkylation sites (N-methyl/N-ethyl adjacent to an activating group) is 1. The van der Waals surface area contributed by atoms with Gasteiger partial charge in [-0.15, -0.1) is 0 Å². The summed E-state index contributed by atoms with van der Waals surface area (Å²) in [6.07, 6.45) is 4.55. The first-order valence-corrected chi connectivity index (χ1v) is 15.7. The van der Waals surface area contributed by atoms with Gasteiger partial charge >= 0.3 is 5.69 Å². The summed E-state index contributed by atoms with van der Waals surface area (Å²) in [5, 5.41) is 10.8. The molecule has 3 aromatic rings. The third-order valence-electron chi connectivity index (χ3n) is 8.62. The number of piperazine rings is 1. The van der Waals surface area contributed by atoms with Crippen LogP contribution in [0.2, 0.25) is 10.0 Å². The van der Waals surface area contributed by atoms with Gasteiger partial charge < -0.3 is 24.3 Å². The van der Waals surface area contributed by atoms with E-state index in [-0.39, 0.29) is 35.6 Å². The van der Waals surface area contributed by atoms with Gasteiger partial charge in [-0.3, -0.25) is 9.36 Å². The lowest BCUT2D eigenvalue weighted by Crippen LogP contribution is -2.55. The summed E-state index contributed by atoms with van der Waals surface area (Å²) in [7, 11) is 3.83. The standard InChI is InChI=1S/C32H34Cl2FN7O3/c1-38(2)10-3-5-27(43)41-14-13-40(18-21(41)8-9-36)31-24-16-25(34)28(23-15-20(33)6-7-26(23)35)30-29(24)42(32(44)37-31)22(19-45-30)17-39-11-4-12-39/h3,5-7,15-16,21-22H,4,8,10-14,17-19H2,1-2H3/b5-3+/t21-,22?/m0/s1. The van der Waals surface area contributed by atoms with Gasteiger partial charge in [0.05, 0.1) is 35.1 Å². The fraction of sp³-hybridized carbons (Fsp3) is 0.438. The van der Waals surface area contributed by atoms with Gasteiger partial charge in [-0.05, 0) is 57.9 Å². The van der Waals surface area contributed by atoms with Gasteiger partial charge in [0.15, 0.2) is 5.75 Å². The first-order valence-electron chi connectivity index (χ1n) is 15.0. The van der Waals surface area contributed by atoms with Crippen molar-refractivity contribution >= 4 is 45.8 Å². The lowest BCUT2D eigenvalue weighted by atomic mass is 9.99. The van der Waals surface area contributed by atoms with Crippen LogP contribution >= 0.6 is 23.2 Å². The Kier molecular flexibility index (Phi) is 9.02. The molecule has 3 aliphatic heterocycles. The number of carbonyl (C=O) groups excluding carboxylic acids is 1. The maximum atomic E-state index is 15.2. The minimum Gasteiger partial charge on any atom is -0.488 e. The number of halogens is 3. The normalized spacial score (nSPS) is 20.0. The summed E-state index contributed by atoms with van der Waals surface area (Å²) < 4.78 is 23.2. The van der Waals surface area contributed by atoms with Crippen molar-refractivity contribution in [1.82, 2.24) is 24.3 Å². The summed E-state index contributed by atoms with van der Waals surface area (Å²) >= 11 is 13.2. The van der Waals surface area contributed by atoms with Gasteiger partial charge in [0.1, 0.15) is 18.2 Å². The van der Waals surface area contributed by atoms with Crippen molar-refractivity contribution in [2.24, 2.45) is 0 Å². The molecule has 2 saturated heterocycles. The number of aromatic nitrogens is 2. The number of amides is 1. The predicted molar refractivity (Wildman–Crippen MR) is 173 cm³/mol. The first-order chi connectivity index (χ1) is 21.7. The van der Waals surface area contributed by atoms with Crippen LogP contribution in [0, 0.1) is 17.1 Å². The number of hydrogen-bond donors (Lipinski definition) is 0. The van der Waals surface area contributed by atoms with Crippen LogP contribution in [0.15, 0.2) is 41.2 Å². The van der Waals surface area contributed by atoms with Crippen molar-refractivity contribution in [2.75, 3.05) is 71.4 Å². The summed E-state index contributed by atoms with van der Waals surface area (Å²) in [5.41, 5.74) is 0.530. The molecular weight excluding hydrogens is 620 g/mol. The number of rotatable bonds is 8. The Morgan fingerprint density at radius 3 is 2.71 bits per heavy atom. The fourth-order valence-electron chi connectivity index (χ4n) is 6.32. The van der Waals surface area contributed by atoms with Gasteiger partial charge in [0, 0.05) is 60.3 Å². The number of nitriles is 1. The number of ether oxygens (including phenoxy) is 1. The van der Waals surface area contributed by atoms with Crippen molar-refractivity contribution in [2.45, 2.75) is 24.9 Å². The smallest absolute Gasteiger partial charge is 0.350 e. The van der Waals surface area contributed by atoms with Gasteiger partial charge in [-0.2, -0.15) is 10.2 Å². The predicted octanol–water partition coefficient (Wildman–Crippen LogP) is 4.20. The Hall–Kier alpha value is -3.69. The third kappa shape index (κ3) is 6.12. The second kappa shape index (κ2) is 13.0. The minimum atomic E-state index is -0.522. The molecule has 45 heavy (non-hydrogen) atoms. The van der Waals surface area contributed by atoms with E-state index in [1.54, 1.807) is 27.7 Å². The maximum absolute atomic E-state index is 15.2. The molecule has 2 fully saturated rings. The zero-order valence-electron chi connectivity index (χ0n) is 25.2. The molecule has 2 aromatic carbocycles. The zero-order valence-corrected chi connectivity index (χ0v) is 26.7. The molecule has 6 rings (SSSR count). The maximum Gasteiger partial charge on any atom is 0.350 e. The molecule has 2 atom stereocenters. The van der Waals surface area contributed by atoms with E-state index in [1.165, 1.54) is 18.2 Å². The molecule has 0 N–H and O–H groups in total. The van der Waals surface area contributed by atoms with E-state index in [9.17, 15) is 14.9 Å². The molecule has 1 aromatic heterocycles. The van der Waals surface area contributed by atoms with E-state index in [4.69, 9.17) is 27.9 Å². The molecule has 0 saturated carbocycles. The average Bonchev–Trinajstić information content (AvgIpc) is 2.98. The Bertz CT molecular complexity index is 1770. The topological polar surface area (TPSA) is 97.9 Å². The molecule has 0 aliphatic carbocycles. The summed E-state index contributed by atoms with van der Waals surface area (Å²) in [5.74, 6) is -0.00195. The first kappa shape index (κ1) is 31.3. The van der Waals surface area contributed by atoms with Crippen molar-refractivity contribution in [3.8, 4) is 22.9 Å². The highest BCUT2D eigenvalue weighted by Crippen LogP contribution is 2.47. The Morgan fingerprint density at radius 2 is 2.00 bits per heavy atom. The van der Waals surface area contributed by atoms with Crippen LogP contribution in [0.5, 0.6) is 5.75 Å². The number of carbonyl (C=O) groups is 1. The molecule has 1 unspecified atom stereocenters. The third-order valence-corrected chi connectivity index (χ3v) is 9.15. The highest BCUT2D eigenvalue weighted by atomic mass is 35.5. The number of likely N-dealkylation sites (tertiary alicyclic amines) is 1. The number of hydrogen-bond acceptors (Lipinski definition) is 8. The van der Waals surface area contributed by atoms with E-state index in [0.29, 0.717) is 65.8 Å². The van der Waals surface area contributed by atoms with E-state index in [1.807, 2.05) is 23.9 Å². The molecular formula is C32H34Cl2FN7O3. The second-order valence-electron chi connectivity index (χ2n) is 11.9. The number of benzene rings is 2.